The molecule has 1 aliphatic heterocycles. The summed E-state index contributed by atoms with van der Waals surface area (Å²) in [5.74, 6) is 2.78. The molecule has 0 radical (unpaired) electrons. The maximum Gasteiger partial charge on any atom is 0.144 e. The molecule has 1 unspecified atom stereocenters. The highest BCUT2D eigenvalue weighted by Crippen LogP contribution is 2.38. The summed E-state index contributed by atoms with van der Waals surface area (Å²) < 4.78 is 1.00. The highest BCUT2D eigenvalue weighted by molar-refractivity contribution is 14.1. The lowest BCUT2D eigenvalue weighted by molar-refractivity contribution is 0.553. The SMILES string of the molecule is CC(C)(C)c1nc(C2CCCCS2)nc(N)c1I. The Morgan fingerprint density at radius 3 is 2.56 bits per heavy atom. The predicted octanol–water partition coefficient (Wildman–Crippen LogP) is 3.92. The van der Waals surface area contributed by atoms with Crippen LogP contribution in [-0.4, -0.2) is 15.7 Å². The van der Waals surface area contributed by atoms with E-state index in [1.165, 1.54) is 25.0 Å². The molecule has 18 heavy (non-hydrogen) atoms. The van der Waals surface area contributed by atoms with Crippen LogP contribution in [0.1, 0.15) is 56.8 Å². The van der Waals surface area contributed by atoms with Gasteiger partial charge in [0, 0.05) is 5.41 Å². The van der Waals surface area contributed by atoms with Crippen LogP contribution in [0.15, 0.2) is 0 Å². The number of nitrogens with two attached hydrogens (primary N) is 1. The minimum atomic E-state index is 0.0155. The van der Waals surface area contributed by atoms with Gasteiger partial charge in [-0.05, 0) is 41.2 Å². The molecule has 2 rings (SSSR count). The van der Waals surface area contributed by atoms with Gasteiger partial charge in [-0.25, -0.2) is 9.97 Å². The Balaban J connectivity index is 2.40. The molecule has 0 aliphatic carbocycles. The highest BCUT2D eigenvalue weighted by atomic mass is 127. The van der Waals surface area contributed by atoms with E-state index < -0.39 is 0 Å². The van der Waals surface area contributed by atoms with Crippen LogP contribution in [0.3, 0.4) is 0 Å². The molecule has 1 atom stereocenters. The molecule has 3 nitrogen and oxygen atoms in total. The summed E-state index contributed by atoms with van der Waals surface area (Å²) in [6, 6.07) is 0. The summed E-state index contributed by atoms with van der Waals surface area (Å²) in [5.41, 5.74) is 7.15. The van der Waals surface area contributed by atoms with E-state index in [-0.39, 0.29) is 5.41 Å². The third-order valence-electron chi connectivity index (χ3n) is 3.07. The van der Waals surface area contributed by atoms with Crippen LogP contribution < -0.4 is 5.73 Å². The van der Waals surface area contributed by atoms with E-state index in [9.17, 15) is 0 Å². The smallest absolute Gasteiger partial charge is 0.144 e. The summed E-state index contributed by atoms with van der Waals surface area (Å²) in [5, 5.41) is 0.430. The third kappa shape index (κ3) is 3.10. The molecule has 1 saturated heterocycles. The fourth-order valence-electron chi connectivity index (χ4n) is 2.07. The van der Waals surface area contributed by atoms with E-state index in [1.807, 2.05) is 11.8 Å². The standard InChI is InChI=1S/C13H20IN3S/c1-13(2,3)10-9(14)11(15)17-12(16-10)8-6-4-5-7-18-8/h8H,4-7H2,1-3H3,(H2,15,16,17). The van der Waals surface area contributed by atoms with Crippen LogP contribution in [0.2, 0.25) is 0 Å². The Morgan fingerprint density at radius 2 is 2.00 bits per heavy atom. The first-order valence-electron chi connectivity index (χ1n) is 6.34. The van der Waals surface area contributed by atoms with E-state index in [0.717, 1.165) is 15.1 Å². The Kier molecular flexibility index (Phi) is 4.41. The predicted molar refractivity (Wildman–Crippen MR) is 86.9 cm³/mol. The number of anilines is 1. The summed E-state index contributed by atoms with van der Waals surface area (Å²) in [7, 11) is 0. The quantitative estimate of drug-likeness (QED) is 0.754. The van der Waals surface area contributed by atoms with Gasteiger partial charge < -0.3 is 5.73 Å². The van der Waals surface area contributed by atoms with Gasteiger partial charge in [0.1, 0.15) is 11.6 Å². The molecule has 1 aromatic rings. The van der Waals surface area contributed by atoms with Gasteiger partial charge >= 0.3 is 0 Å². The lowest BCUT2D eigenvalue weighted by Gasteiger charge is -2.24. The van der Waals surface area contributed by atoms with Crippen molar-refractivity contribution in [3.63, 3.8) is 0 Å². The second kappa shape index (κ2) is 5.53. The summed E-state index contributed by atoms with van der Waals surface area (Å²) in [4.78, 5) is 9.32. The zero-order valence-electron chi connectivity index (χ0n) is 11.2. The van der Waals surface area contributed by atoms with E-state index >= 15 is 0 Å². The Hall–Kier alpha value is -0.0400. The molecule has 1 aliphatic rings. The van der Waals surface area contributed by atoms with Gasteiger partial charge in [0.05, 0.1) is 14.5 Å². The van der Waals surface area contributed by atoms with Crippen molar-refractivity contribution in [2.45, 2.75) is 50.7 Å². The second-order valence-electron chi connectivity index (χ2n) is 5.73. The average molecular weight is 377 g/mol. The number of nitrogens with zero attached hydrogens (tertiary/aromatic N) is 2. The van der Waals surface area contributed by atoms with Crippen molar-refractivity contribution >= 4 is 40.2 Å². The summed E-state index contributed by atoms with van der Waals surface area (Å²) >= 11 is 4.23. The highest BCUT2D eigenvalue weighted by Gasteiger charge is 2.26. The Bertz CT molecular complexity index is 437. The van der Waals surface area contributed by atoms with Crippen molar-refractivity contribution in [1.29, 1.82) is 0 Å². The molecule has 0 spiro atoms. The van der Waals surface area contributed by atoms with Crippen molar-refractivity contribution in [2.24, 2.45) is 0 Å². The average Bonchev–Trinajstić information content (AvgIpc) is 2.32. The first kappa shape index (κ1) is 14.4. The van der Waals surface area contributed by atoms with Crippen molar-refractivity contribution < 1.29 is 0 Å². The van der Waals surface area contributed by atoms with E-state index in [1.54, 1.807) is 0 Å². The number of rotatable bonds is 1. The molecule has 100 valence electrons. The monoisotopic (exact) mass is 377 g/mol. The largest absolute Gasteiger partial charge is 0.383 e. The molecule has 0 bridgehead atoms. The number of hydrogen-bond donors (Lipinski definition) is 1. The van der Waals surface area contributed by atoms with Crippen LogP contribution in [0, 0.1) is 3.57 Å². The van der Waals surface area contributed by atoms with Crippen LogP contribution in [0.5, 0.6) is 0 Å². The number of thioether (sulfide) groups is 1. The van der Waals surface area contributed by atoms with Gasteiger partial charge in [-0.2, -0.15) is 11.8 Å². The molecule has 0 saturated carbocycles. The maximum atomic E-state index is 6.06. The minimum Gasteiger partial charge on any atom is -0.383 e. The first-order valence-corrected chi connectivity index (χ1v) is 8.47. The van der Waals surface area contributed by atoms with E-state index in [0.29, 0.717) is 11.1 Å². The van der Waals surface area contributed by atoms with Crippen molar-refractivity contribution in [3.05, 3.63) is 15.1 Å². The Morgan fingerprint density at radius 1 is 1.28 bits per heavy atom. The summed E-state index contributed by atoms with van der Waals surface area (Å²) in [6.45, 7) is 6.53. The fourth-order valence-corrected chi connectivity index (χ4v) is 4.36. The van der Waals surface area contributed by atoms with Gasteiger partial charge in [-0.1, -0.05) is 27.2 Å². The number of aromatic nitrogens is 2. The van der Waals surface area contributed by atoms with Crippen molar-refractivity contribution in [3.8, 4) is 0 Å². The molecule has 2 heterocycles. The zero-order valence-corrected chi connectivity index (χ0v) is 14.1. The van der Waals surface area contributed by atoms with E-state index in [2.05, 4.69) is 48.3 Å². The zero-order chi connectivity index (χ0) is 13.3. The second-order valence-corrected chi connectivity index (χ2v) is 8.12. The molecular weight excluding hydrogens is 357 g/mol. The number of nitrogen functional groups attached to an aromatic ring is 1. The van der Waals surface area contributed by atoms with Crippen LogP contribution in [0.25, 0.3) is 0 Å². The third-order valence-corrected chi connectivity index (χ3v) is 5.51. The molecule has 0 aromatic carbocycles. The van der Waals surface area contributed by atoms with Gasteiger partial charge in [-0.3, -0.25) is 0 Å². The molecule has 5 heteroatoms. The molecule has 1 aromatic heterocycles. The number of hydrogen-bond acceptors (Lipinski definition) is 4. The molecule has 0 amide bonds. The molecule has 1 fully saturated rings. The fraction of sp³-hybridized carbons (Fsp3) is 0.692. The van der Waals surface area contributed by atoms with Gasteiger partial charge in [0.25, 0.3) is 0 Å². The van der Waals surface area contributed by atoms with Crippen LogP contribution >= 0.6 is 34.4 Å². The Labute approximate surface area is 127 Å². The molecular formula is C13H20IN3S. The first-order chi connectivity index (χ1) is 8.39. The summed E-state index contributed by atoms with van der Waals surface area (Å²) in [6.07, 6.45) is 3.76. The van der Waals surface area contributed by atoms with E-state index in [4.69, 9.17) is 10.7 Å². The van der Waals surface area contributed by atoms with Gasteiger partial charge in [0.15, 0.2) is 0 Å². The van der Waals surface area contributed by atoms with Crippen LogP contribution in [-0.2, 0) is 5.41 Å². The minimum absolute atomic E-state index is 0.0155. The van der Waals surface area contributed by atoms with Crippen molar-refractivity contribution in [1.82, 2.24) is 9.97 Å². The van der Waals surface area contributed by atoms with Gasteiger partial charge in [-0.15, -0.1) is 0 Å². The van der Waals surface area contributed by atoms with Crippen molar-refractivity contribution in [2.75, 3.05) is 11.5 Å². The lowest BCUT2D eigenvalue weighted by atomic mass is 9.92. The topological polar surface area (TPSA) is 51.8 Å². The van der Waals surface area contributed by atoms with Crippen LogP contribution in [0.4, 0.5) is 5.82 Å². The number of halogens is 1. The maximum absolute atomic E-state index is 6.06. The normalized spacial score (nSPS) is 21.0. The van der Waals surface area contributed by atoms with Gasteiger partial charge in [0.2, 0.25) is 0 Å². The molecule has 2 N–H and O–H groups in total. The lowest BCUT2D eigenvalue weighted by Crippen LogP contribution is -2.20.